The van der Waals surface area contributed by atoms with Crippen LogP contribution in [0.4, 0.5) is 0 Å². The number of aryl methyl sites for hydroxylation is 1. The lowest BCUT2D eigenvalue weighted by Gasteiger charge is -2.00. The van der Waals surface area contributed by atoms with E-state index in [1.807, 2.05) is 25.1 Å². The molecule has 0 aliphatic carbocycles. The summed E-state index contributed by atoms with van der Waals surface area (Å²) in [5.41, 5.74) is 2.45. The molecule has 0 saturated heterocycles. The van der Waals surface area contributed by atoms with Crippen molar-refractivity contribution in [3.63, 3.8) is 0 Å². The second-order valence-corrected chi connectivity index (χ2v) is 4.12. The standard InChI is InChI=1S/C13H14N2O3/c1-8-3-2-4-9-7-10(15-12(8)9)13(18)14-6-5-11(16)17/h2-4,7,15H,5-6H2,1H3,(H,14,18)(H,16,17). The molecule has 5 heteroatoms. The Morgan fingerprint density at radius 1 is 1.39 bits per heavy atom. The first-order valence-corrected chi connectivity index (χ1v) is 5.66. The number of hydrogen-bond donors (Lipinski definition) is 3. The maximum absolute atomic E-state index is 11.8. The number of rotatable bonds is 4. The number of amides is 1. The van der Waals surface area contributed by atoms with Crippen LogP contribution in [-0.4, -0.2) is 28.5 Å². The van der Waals surface area contributed by atoms with E-state index < -0.39 is 5.97 Å². The second kappa shape index (κ2) is 4.91. The number of carboxylic acids is 1. The zero-order valence-electron chi connectivity index (χ0n) is 9.99. The van der Waals surface area contributed by atoms with Gasteiger partial charge in [-0.25, -0.2) is 0 Å². The maximum Gasteiger partial charge on any atom is 0.305 e. The minimum absolute atomic E-state index is 0.0784. The third kappa shape index (κ3) is 2.51. The van der Waals surface area contributed by atoms with Crippen LogP contribution in [0.2, 0.25) is 0 Å². The molecule has 0 fully saturated rings. The minimum atomic E-state index is -0.928. The minimum Gasteiger partial charge on any atom is -0.481 e. The lowest BCUT2D eigenvalue weighted by molar-refractivity contribution is -0.136. The number of fused-ring (bicyclic) bond motifs is 1. The van der Waals surface area contributed by atoms with Crippen molar-refractivity contribution in [3.05, 3.63) is 35.5 Å². The molecule has 0 aliphatic heterocycles. The molecule has 5 nitrogen and oxygen atoms in total. The first-order chi connectivity index (χ1) is 8.58. The summed E-state index contributed by atoms with van der Waals surface area (Å²) in [6.07, 6.45) is -0.0784. The summed E-state index contributed by atoms with van der Waals surface area (Å²) in [4.78, 5) is 25.2. The molecule has 0 spiro atoms. The monoisotopic (exact) mass is 246 g/mol. The molecule has 3 N–H and O–H groups in total. The van der Waals surface area contributed by atoms with Gasteiger partial charge in [-0.2, -0.15) is 0 Å². The van der Waals surface area contributed by atoms with Gasteiger partial charge < -0.3 is 15.4 Å². The maximum atomic E-state index is 11.8. The van der Waals surface area contributed by atoms with Gasteiger partial charge in [0.05, 0.1) is 6.42 Å². The molecular weight excluding hydrogens is 232 g/mol. The van der Waals surface area contributed by atoms with E-state index in [9.17, 15) is 9.59 Å². The van der Waals surface area contributed by atoms with Gasteiger partial charge in [0.15, 0.2) is 0 Å². The van der Waals surface area contributed by atoms with Crippen LogP contribution in [0.3, 0.4) is 0 Å². The summed E-state index contributed by atoms with van der Waals surface area (Å²) >= 11 is 0. The largest absolute Gasteiger partial charge is 0.481 e. The Kier molecular flexibility index (Phi) is 3.32. The van der Waals surface area contributed by atoms with Crippen molar-refractivity contribution in [2.75, 3.05) is 6.54 Å². The van der Waals surface area contributed by atoms with Crippen molar-refractivity contribution in [3.8, 4) is 0 Å². The number of H-pyrrole nitrogens is 1. The van der Waals surface area contributed by atoms with Crippen molar-refractivity contribution in [1.82, 2.24) is 10.3 Å². The van der Waals surface area contributed by atoms with Crippen LogP contribution in [0.5, 0.6) is 0 Å². The van der Waals surface area contributed by atoms with Crippen LogP contribution in [0, 0.1) is 6.92 Å². The summed E-state index contributed by atoms with van der Waals surface area (Å²) in [5, 5.41) is 12.0. The number of nitrogens with one attached hydrogen (secondary N) is 2. The van der Waals surface area contributed by atoms with E-state index in [2.05, 4.69) is 10.3 Å². The van der Waals surface area contributed by atoms with Gasteiger partial charge in [-0.15, -0.1) is 0 Å². The summed E-state index contributed by atoms with van der Waals surface area (Å²) in [5.74, 6) is -1.21. The van der Waals surface area contributed by atoms with Crippen LogP contribution < -0.4 is 5.32 Å². The van der Waals surface area contributed by atoms with Gasteiger partial charge in [0.2, 0.25) is 0 Å². The van der Waals surface area contributed by atoms with Gasteiger partial charge in [0.1, 0.15) is 5.69 Å². The average molecular weight is 246 g/mol. The molecule has 1 aromatic carbocycles. The third-order valence-electron chi connectivity index (χ3n) is 2.73. The lowest BCUT2D eigenvalue weighted by atomic mass is 10.2. The van der Waals surface area contributed by atoms with Gasteiger partial charge >= 0.3 is 5.97 Å². The molecule has 1 heterocycles. The highest BCUT2D eigenvalue weighted by atomic mass is 16.4. The third-order valence-corrected chi connectivity index (χ3v) is 2.73. The first-order valence-electron chi connectivity index (χ1n) is 5.66. The number of aliphatic carboxylic acids is 1. The molecule has 0 radical (unpaired) electrons. The number of hydrogen-bond acceptors (Lipinski definition) is 2. The molecule has 2 aromatic rings. The number of carboxylic acid groups (broad SMARTS) is 1. The lowest BCUT2D eigenvalue weighted by Crippen LogP contribution is -2.26. The SMILES string of the molecule is Cc1cccc2cc(C(=O)NCCC(=O)O)[nH]c12. The Hall–Kier alpha value is -2.30. The highest BCUT2D eigenvalue weighted by molar-refractivity contribution is 5.98. The van der Waals surface area contributed by atoms with Crippen LogP contribution in [0.15, 0.2) is 24.3 Å². The van der Waals surface area contributed by atoms with E-state index in [1.54, 1.807) is 6.07 Å². The molecule has 1 aromatic heterocycles. The summed E-state index contributed by atoms with van der Waals surface area (Å²) in [6, 6.07) is 7.58. The molecule has 0 bridgehead atoms. The number of aromatic amines is 1. The van der Waals surface area contributed by atoms with Crippen LogP contribution in [0.1, 0.15) is 22.5 Å². The fraction of sp³-hybridized carbons (Fsp3) is 0.231. The summed E-state index contributed by atoms with van der Waals surface area (Å²) in [7, 11) is 0. The smallest absolute Gasteiger partial charge is 0.305 e. The van der Waals surface area contributed by atoms with Crippen molar-refractivity contribution in [1.29, 1.82) is 0 Å². The van der Waals surface area contributed by atoms with E-state index in [0.717, 1.165) is 16.5 Å². The van der Waals surface area contributed by atoms with Crippen molar-refractivity contribution in [2.24, 2.45) is 0 Å². The second-order valence-electron chi connectivity index (χ2n) is 4.12. The van der Waals surface area contributed by atoms with Crippen molar-refractivity contribution in [2.45, 2.75) is 13.3 Å². The van der Waals surface area contributed by atoms with Gasteiger partial charge in [-0.05, 0) is 18.6 Å². The molecule has 18 heavy (non-hydrogen) atoms. The predicted octanol–water partition coefficient (Wildman–Crippen LogP) is 1.68. The van der Waals surface area contributed by atoms with Crippen molar-refractivity contribution >= 4 is 22.8 Å². The molecule has 0 unspecified atom stereocenters. The number of aromatic nitrogens is 1. The Balaban J connectivity index is 2.13. The number of carbonyl (C=O) groups excluding carboxylic acids is 1. The quantitative estimate of drug-likeness (QED) is 0.767. The van der Waals surface area contributed by atoms with E-state index in [0.29, 0.717) is 5.69 Å². The number of para-hydroxylation sites is 1. The Bertz CT molecular complexity index is 601. The Morgan fingerprint density at radius 2 is 2.17 bits per heavy atom. The van der Waals surface area contributed by atoms with Gasteiger partial charge in [-0.1, -0.05) is 18.2 Å². The molecule has 0 saturated carbocycles. The highest BCUT2D eigenvalue weighted by Gasteiger charge is 2.10. The van der Waals surface area contributed by atoms with Crippen molar-refractivity contribution < 1.29 is 14.7 Å². The van der Waals surface area contributed by atoms with Gasteiger partial charge in [-0.3, -0.25) is 9.59 Å². The van der Waals surface area contributed by atoms with Crippen LogP contribution in [0.25, 0.3) is 10.9 Å². The number of benzene rings is 1. The Morgan fingerprint density at radius 3 is 2.83 bits per heavy atom. The molecule has 0 aliphatic rings. The van der Waals surface area contributed by atoms with Crippen LogP contribution in [-0.2, 0) is 4.79 Å². The summed E-state index contributed by atoms with van der Waals surface area (Å²) in [6.45, 7) is 2.09. The summed E-state index contributed by atoms with van der Waals surface area (Å²) < 4.78 is 0. The molecule has 94 valence electrons. The normalized spacial score (nSPS) is 10.5. The molecule has 1 amide bonds. The van der Waals surface area contributed by atoms with Crippen LogP contribution >= 0.6 is 0 Å². The fourth-order valence-corrected chi connectivity index (χ4v) is 1.81. The predicted molar refractivity (Wildman–Crippen MR) is 67.6 cm³/mol. The highest BCUT2D eigenvalue weighted by Crippen LogP contribution is 2.18. The van der Waals surface area contributed by atoms with E-state index in [-0.39, 0.29) is 18.9 Å². The molecule has 2 rings (SSSR count). The van der Waals surface area contributed by atoms with E-state index in [1.165, 1.54) is 0 Å². The average Bonchev–Trinajstić information content (AvgIpc) is 2.74. The topological polar surface area (TPSA) is 82.2 Å². The van der Waals surface area contributed by atoms with E-state index >= 15 is 0 Å². The van der Waals surface area contributed by atoms with Gasteiger partial charge in [0.25, 0.3) is 5.91 Å². The van der Waals surface area contributed by atoms with Gasteiger partial charge in [0, 0.05) is 17.4 Å². The zero-order chi connectivity index (χ0) is 13.1. The number of carbonyl (C=O) groups is 2. The molecular formula is C13H14N2O3. The van der Waals surface area contributed by atoms with E-state index in [4.69, 9.17) is 5.11 Å². The zero-order valence-corrected chi connectivity index (χ0v) is 9.99. The first kappa shape index (κ1) is 12.2. The Labute approximate surface area is 104 Å². The molecule has 0 atom stereocenters. The fourth-order valence-electron chi connectivity index (χ4n) is 1.81.